The van der Waals surface area contributed by atoms with Crippen LogP contribution in [0, 0.1) is 0 Å². The number of nitrogens with one attached hydrogen (secondary N) is 1. The van der Waals surface area contributed by atoms with Crippen molar-refractivity contribution in [2.75, 3.05) is 19.8 Å². The summed E-state index contributed by atoms with van der Waals surface area (Å²) in [6.45, 7) is 2.74. The number of carbonyl (C=O) groups is 1. The average Bonchev–Trinajstić information content (AvgIpc) is 3.36. The molecule has 0 aliphatic carbocycles. The molecule has 12 unspecified atom stereocenters. The minimum absolute atomic E-state index is 0.257. The maximum absolute atomic E-state index is 13.2. The Bertz CT molecular complexity index is 1410. The number of ether oxygens (including phenoxy) is 4. The summed E-state index contributed by atoms with van der Waals surface area (Å²) in [5.41, 5.74) is 0. The summed E-state index contributed by atoms with van der Waals surface area (Å²) >= 11 is 0. The first-order valence-corrected chi connectivity index (χ1v) is 27.5. The topological polar surface area (TPSA) is 228 Å². The summed E-state index contributed by atoms with van der Waals surface area (Å²) in [7, 11) is 0. The highest BCUT2D eigenvalue weighted by molar-refractivity contribution is 5.76. The zero-order chi connectivity index (χ0) is 51.0. The highest BCUT2D eigenvalue weighted by Gasteiger charge is 2.51. The fourth-order valence-electron chi connectivity index (χ4n) is 8.67. The largest absolute Gasteiger partial charge is 0.394 e. The van der Waals surface area contributed by atoms with Crippen molar-refractivity contribution in [1.82, 2.24) is 5.32 Å². The molecule has 2 heterocycles. The number of allylic oxidation sites excluding steroid dienone is 9. The molecular weight excluding hydrogens is 895 g/mol. The fraction of sp³-hybridized carbons (Fsp3) is 0.804. The van der Waals surface area contributed by atoms with Crippen LogP contribution in [0.2, 0.25) is 0 Å². The van der Waals surface area contributed by atoms with E-state index in [-0.39, 0.29) is 18.9 Å². The van der Waals surface area contributed by atoms with E-state index in [1.807, 2.05) is 6.08 Å². The third kappa shape index (κ3) is 28.2. The van der Waals surface area contributed by atoms with Crippen LogP contribution in [-0.4, -0.2) is 140 Å². The SMILES string of the molecule is CCCCCCC/C=C\C/C=C\C/C=C\CCCCCCCCC(=O)NC(COC1OC(CO)C(OC2OC(CO)C(O)C(O)C2O)C(O)C1O)C(O)/C=C/CC/C=C/CCCCCCCCCCC. The smallest absolute Gasteiger partial charge is 0.220 e. The number of unbranched alkanes of at least 4 members (excludes halogenated alkanes) is 21. The number of carbonyl (C=O) groups excluding carboxylic acids is 1. The summed E-state index contributed by atoms with van der Waals surface area (Å²) in [5.74, 6) is -0.264. The van der Waals surface area contributed by atoms with Crippen molar-refractivity contribution >= 4 is 5.91 Å². The van der Waals surface area contributed by atoms with Gasteiger partial charge >= 0.3 is 0 Å². The van der Waals surface area contributed by atoms with Crippen molar-refractivity contribution < 1.29 is 64.6 Å². The Morgan fingerprint density at radius 3 is 1.50 bits per heavy atom. The quantitative estimate of drug-likeness (QED) is 0.0208. The first-order valence-electron chi connectivity index (χ1n) is 27.5. The lowest BCUT2D eigenvalue weighted by Gasteiger charge is -2.46. The molecule has 2 rings (SSSR count). The van der Waals surface area contributed by atoms with Gasteiger partial charge in [-0.3, -0.25) is 4.79 Å². The van der Waals surface area contributed by atoms with E-state index in [0.29, 0.717) is 12.8 Å². The Hall–Kier alpha value is -2.31. The van der Waals surface area contributed by atoms with Crippen molar-refractivity contribution in [3.8, 4) is 0 Å². The predicted molar refractivity (Wildman–Crippen MR) is 277 cm³/mol. The molecule has 70 heavy (non-hydrogen) atoms. The lowest BCUT2D eigenvalue weighted by atomic mass is 9.97. The molecule has 2 fully saturated rings. The molecule has 0 spiro atoms. The van der Waals surface area contributed by atoms with E-state index in [2.05, 4.69) is 67.8 Å². The molecule has 0 bridgehead atoms. The second-order valence-electron chi connectivity index (χ2n) is 19.3. The third-order valence-corrected chi connectivity index (χ3v) is 13.2. The molecule has 12 atom stereocenters. The van der Waals surface area contributed by atoms with E-state index in [9.17, 15) is 45.6 Å². The molecule has 0 saturated carbocycles. The van der Waals surface area contributed by atoms with Gasteiger partial charge in [0.15, 0.2) is 12.6 Å². The standard InChI is InChI=1S/C56H99NO13/c1-3-5-7-9-11-13-15-17-19-20-21-22-23-24-26-28-30-32-34-36-38-40-48(61)57-44(45(60)39-37-35-33-31-29-27-25-18-16-14-12-10-8-6-4-2)43-67-55-53(66)51(64)54(47(42-59)69-55)70-56-52(65)50(63)49(62)46(41-58)68-56/h15,17,20-21,23-24,29,31,37,39,44-47,49-56,58-60,62-66H,3-14,16,18-19,22,25-28,30,32-36,38,40-43H2,1-2H3,(H,57,61)/b17-15-,21-20-,24-23-,31-29+,39-37+. The fourth-order valence-corrected chi connectivity index (χ4v) is 8.67. The molecule has 9 N–H and O–H groups in total. The predicted octanol–water partition coefficient (Wildman–Crippen LogP) is 8.22. The van der Waals surface area contributed by atoms with Crippen molar-refractivity contribution in [1.29, 1.82) is 0 Å². The summed E-state index contributed by atoms with van der Waals surface area (Å²) < 4.78 is 22.7. The maximum Gasteiger partial charge on any atom is 0.220 e. The van der Waals surface area contributed by atoms with Crippen LogP contribution in [0.5, 0.6) is 0 Å². The second-order valence-corrected chi connectivity index (χ2v) is 19.3. The molecule has 1 amide bonds. The van der Waals surface area contributed by atoms with Crippen LogP contribution in [0.25, 0.3) is 0 Å². The molecule has 14 nitrogen and oxygen atoms in total. The first-order chi connectivity index (χ1) is 34.1. The van der Waals surface area contributed by atoms with Gasteiger partial charge in [0.1, 0.15) is 48.8 Å². The van der Waals surface area contributed by atoms with Gasteiger partial charge in [-0.1, -0.05) is 177 Å². The van der Waals surface area contributed by atoms with Gasteiger partial charge in [-0.15, -0.1) is 0 Å². The first kappa shape index (κ1) is 63.8. The van der Waals surface area contributed by atoms with Gasteiger partial charge < -0.3 is 65.1 Å². The van der Waals surface area contributed by atoms with E-state index in [4.69, 9.17) is 18.9 Å². The van der Waals surface area contributed by atoms with Crippen molar-refractivity contribution in [2.45, 2.75) is 267 Å². The minimum atomic E-state index is -1.79. The van der Waals surface area contributed by atoms with Gasteiger partial charge in [0, 0.05) is 6.42 Å². The molecule has 406 valence electrons. The lowest BCUT2D eigenvalue weighted by molar-refractivity contribution is -0.359. The van der Waals surface area contributed by atoms with Crippen LogP contribution in [0.4, 0.5) is 0 Å². The van der Waals surface area contributed by atoms with Crippen LogP contribution in [0.15, 0.2) is 60.8 Å². The van der Waals surface area contributed by atoms with E-state index < -0.39 is 86.8 Å². The molecular formula is C56H99NO13. The van der Waals surface area contributed by atoms with Crippen molar-refractivity contribution in [3.05, 3.63) is 60.8 Å². The Morgan fingerprint density at radius 1 is 0.514 bits per heavy atom. The number of rotatable bonds is 42. The van der Waals surface area contributed by atoms with E-state index in [1.54, 1.807) is 6.08 Å². The normalized spacial score (nSPS) is 26.4. The number of hydrogen-bond donors (Lipinski definition) is 9. The molecule has 2 aliphatic heterocycles. The number of aliphatic hydroxyl groups excluding tert-OH is 8. The lowest BCUT2D eigenvalue weighted by Crippen LogP contribution is -2.65. The summed E-state index contributed by atoms with van der Waals surface area (Å²) in [5, 5.41) is 86.8. The minimum Gasteiger partial charge on any atom is -0.394 e. The van der Waals surface area contributed by atoms with Crippen LogP contribution in [0.1, 0.15) is 194 Å². The zero-order valence-electron chi connectivity index (χ0n) is 43.2. The second kappa shape index (κ2) is 42.1. The molecule has 2 aliphatic rings. The van der Waals surface area contributed by atoms with Gasteiger partial charge in [0.25, 0.3) is 0 Å². The van der Waals surface area contributed by atoms with Crippen LogP contribution >= 0.6 is 0 Å². The highest BCUT2D eigenvalue weighted by atomic mass is 16.7. The van der Waals surface area contributed by atoms with Gasteiger partial charge in [0.2, 0.25) is 5.91 Å². The Morgan fingerprint density at radius 2 is 0.957 bits per heavy atom. The molecule has 0 radical (unpaired) electrons. The highest BCUT2D eigenvalue weighted by Crippen LogP contribution is 2.30. The summed E-state index contributed by atoms with van der Waals surface area (Å²) in [6.07, 6.45) is 35.4. The average molecular weight is 994 g/mol. The van der Waals surface area contributed by atoms with E-state index >= 15 is 0 Å². The van der Waals surface area contributed by atoms with Gasteiger partial charge in [-0.05, 0) is 70.6 Å². The van der Waals surface area contributed by atoms with E-state index in [0.717, 1.165) is 64.2 Å². The van der Waals surface area contributed by atoms with Crippen LogP contribution < -0.4 is 5.32 Å². The molecule has 14 heteroatoms. The molecule has 0 aromatic heterocycles. The Kier molecular flexibility index (Phi) is 38.4. The van der Waals surface area contributed by atoms with Gasteiger partial charge in [-0.25, -0.2) is 0 Å². The van der Waals surface area contributed by atoms with Crippen LogP contribution in [0.3, 0.4) is 0 Å². The molecule has 0 aromatic rings. The van der Waals surface area contributed by atoms with Crippen molar-refractivity contribution in [2.24, 2.45) is 0 Å². The number of hydrogen-bond acceptors (Lipinski definition) is 13. The van der Waals surface area contributed by atoms with E-state index in [1.165, 1.54) is 96.3 Å². The van der Waals surface area contributed by atoms with Gasteiger partial charge in [-0.2, -0.15) is 0 Å². The third-order valence-electron chi connectivity index (χ3n) is 13.2. The summed E-state index contributed by atoms with van der Waals surface area (Å²) in [6, 6.07) is -0.940. The molecule has 0 aromatic carbocycles. The van der Waals surface area contributed by atoms with Crippen LogP contribution in [-0.2, 0) is 23.7 Å². The Balaban J connectivity index is 1.83. The number of amides is 1. The van der Waals surface area contributed by atoms with Gasteiger partial charge in [0.05, 0.1) is 32.0 Å². The maximum atomic E-state index is 13.2. The van der Waals surface area contributed by atoms with Crippen molar-refractivity contribution in [3.63, 3.8) is 0 Å². The molecule has 2 saturated heterocycles. The zero-order valence-corrected chi connectivity index (χ0v) is 43.2. The number of aliphatic hydroxyl groups is 8. The summed E-state index contributed by atoms with van der Waals surface area (Å²) in [4.78, 5) is 13.2. The monoisotopic (exact) mass is 994 g/mol. The Labute approximate surface area is 422 Å².